The molecule has 0 bridgehead atoms. The van der Waals surface area contributed by atoms with Crippen molar-refractivity contribution in [1.82, 2.24) is 4.90 Å². The molecule has 0 atom stereocenters. The zero-order chi connectivity index (χ0) is 15.3. The van der Waals surface area contributed by atoms with Crippen molar-refractivity contribution in [3.05, 3.63) is 33.8 Å². The van der Waals surface area contributed by atoms with Crippen LogP contribution in [0.2, 0.25) is 10.0 Å². The monoisotopic (exact) mass is 339 g/mol. The van der Waals surface area contributed by atoms with Gasteiger partial charge in [0.25, 0.3) is 0 Å². The van der Waals surface area contributed by atoms with E-state index in [0.29, 0.717) is 22.2 Å². The van der Waals surface area contributed by atoms with E-state index in [0.717, 1.165) is 0 Å². The average Bonchev–Trinajstić information content (AvgIpc) is 2.30. The van der Waals surface area contributed by atoms with Crippen molar-refractivity contribution < 1.29 is 18.3 Å². The molecule has 1 rings (SSSR count). The molecule has 8 heteroatoms. The lowest BCUT2D eigenvalue weighted by Gasteiger charge is -2.18. The highest BCUT2D eigenvalue weighted by Crippen LogP contribution is 2.25. The predicted molar refractivity (Wildman–Crippen MR) is 79.1 cm³/mol. The molecule has 0 unspecified atom stereocenters. The quantitative estimate of drug-likeness (QED) is 0.821. The third-order valence-corrected chi connectivity index (χ3v) is 4.82. The van der Waals surface area contributed by atoms with Crippen LogP contribution in [0.15, 0.2) is 18.2 Å². The van der Waals surface area contributed by atoms with Crippen LogP contribution in [-0.2, 0) is 21.2 Å². The number of sulfone groups is 1. The number of carboxylic acids is 1. The third kappa shape index (κ3) is 5.66. The fourth-order valence-electron chi connectivity index (χ4n) is 1.59. The number of carbonyl (C=O) groups is 1. The van der Waals surface area contributed by atoms with Crippen LogP contribution >= 0.6 is 23.2 Å². The smallest absolute Gasteiger partial charge is 0.318 e. The van der Waals surface area contributed by atoms with Crippen LogP contribution in [0.25, 0.3) is 0 Å². The van der Waals surface area contributed by atoms with Crippen molar-refractivity contribution in [3.8, 4) is 0 Å². The van der Waals surface area contributed by atoms with Crippen LogP contribution in [0.3, 0.4) is 0 Å². The summed E-state index contributed by atoms with van der Waals surface area (Å²) in [4.78, 5) is 12.1. The highest BCUT2D eigenvalue weighted by atomic mass is 35.5. The van der Waals surface area contributed by atoms with E-state index in [1.54, 1.807) is 30.1 Å². The first-order chi connectivity index (χ1) is 9.21. The summed E-state index contributed by atoms with van der Waals surface area (Å²) in [6, 6.07) is 5.14. The SMILES string of the molecule is CN(CCS(=O)(=O)CC(=O)O)Cc1c(Cl)cccc1Cl. The van der Waals surface area contributed by atoms with Gasteiger partial charge in [-0.05, 0) is 19.2 Å². The molecule has 0 aromatic heterocycles. The van der Waals surface area contributed by atoms with E-state index in [-0.39, 0.29) is 12.3 Å². The van der Waals surface area contributed by atoms with Gasteiger partial charge in [0.1, 0.15) is 5.75 Å². The van der Waals surface area contributed by atoms with E-state index in [9.17, 15) is 13.2 Å². The topological polar surface area (TPSA) is 74.7 Å². The summed E-state index contributed by atoms with van der Waals surface area (Å²) in [7, 11) is -1.88. The Hall–Kier alpha value is -0.820. The van der Waals surface area contributed by atoms with Crippen LogP contribution in [-0.4, -0.2) is 49.5 Å². The Morgan fingerprint density at radius 3 is 2.35 bits per heavy atom. The summed E-state index contributed by atoms with van der Waals surface area (Å²) in [5, 5.41) is 9.52. The van der Waals surface area contributed by atoms with Crippen molar-refractivity contribution in [2.45, 2.75) is 6.54 Å². The number of carboxylic acid groups (broad SMARTS) is 1. The zero-order valence-electron chi connectivity index (χ0n) is 10.8. The Kier molecular flexibility index (Phi) is 6.26. The predicted octanol–water partition coefficient (Wildman–Crippen LogP) is 1.92. The van der Waals surface area contributed by atoms with Gasteiger partial charge in [-0.1, -0.05) is 29.3 Å². The lowest BCUT2D eigenvalue weighted by atomic mass is 10.2. The van der Waals surface area contributed by atoms with E-state index >= 15 is 0 Å². The molecule has 5 nitrogen and oxygen atoms in total. The molecule has 0 aliphatic rings. The third-order valence-electron chi connectivity index (χ3n) is 2.62. The molecule has 112 valence electrons. The van der Waals surface area contributed by atoms with E-state index < -0.39 is 21.6 Å². The molecule has 0 amide bonds. The Morgan fingerprint density at radius 1 is 1.30 bits per heavy atom. The van der Waals surface area contributed by atoms with Gasteiger partial charge >= 0.3 is 5.97 Å². The van der Waals surface area contributed by atoms with E-state index in [4.69, 9.17) is 28.3 Å². The summed E-state index contributed by atoms with van der Waals surface area (Å²) in [6.07, 6.45) is 0. The Bertz CT molecular complexity index is 569. The van der Waals surface area contributed by atoms with E-state index in [2.05, 4.69) is 0 Å². The lowest BCUT2D eigenvalue weighted by molar-refractivity contribution is -0.134. The summed E-state index contributed by atoms with van der Waals surface area (Å²) < 4.78 is 22.9. The highest BCUT2D eigenvalue weighted by Gasteiger charge is 2.17. The molecule has 1 aromatic carbocycles. The van der Waals surface area contributed by atoms with Crippen LogP contribution in [0, 0.1) is 0 Å². The zero-order valence-corrected chi connectivity index (χ0v) is 13.2. The molecule has 0 saturated heterocycles. The van der Waals surface area contributed by atoms with Crippen molar-refractivity contribution in [3.63, 3.8) is 0 Å². The van der Waals surface area contributed by atoms with E-state index in [1.165, 1.54) is 0 Å². The molecule has 0 fully saturated rings. The van der Waals surface area contributed by atoms with Gasteiger partial charge in [-0.15, -0.1) is 0 Å². The molecule has 20 heavy (non-hydrogen) atoms. The van der Waals surface area contributed by atoms with Crippen LogP contribution in [0.1, 0.15) is 5.56 Å². The minimum atomic E-state index is -3.60. The van der Waals surface area contributed by atoms with E-state index in [1.807, 2.05) is 0 Å². The highest BCUT2D eigenvalue weighted by molar-refractivity contribution is 7.92. The van der Waals surface area contributed by atoms with Crippen molar-refractivity contribution >= 4 is 39.0 Å². The molecular weight excluding hydrogens is 325 g/mol. The first-order valence-corrected chi connectivity index (χ1v) is 8.32. The minimum absolute atomic E-state index is 0.206. The van der Waals surface area contributed by atoms with Gasteiger partial charge in [-0.3, -0.25) is 4.79 Å². The average molecular weight is 340 g/mol. The summed E-state index contributed by atoms with van der Waals surface area (Å²) in [5.74, 6) is -2.42. The maximum absolute atomic E-state index is 11.5. The normalized spacial score (nSPS) is 11.8. The molecule has 0 radical (unpaired) electrons. The number of benzene rings is 1. The molecule has 0 saturated carbocycles. The molecule has 1 aromatic rings. The maximum atomic E-state index is 11.5. The van der Waals surface area contributed by atoms with Crippen LogP contribution < -0.4 is 0 Å². The van der Waals surface area contributed by atoms with Gasteiger partial charge in [-0.2, -0.15) is 0 Å². The molecule has 1 N–H and O–H groups in total. The second-order valence-corrected chi connectivity index (χ2v) is 7.42. The number of nitrogens with zero attached hydrogens (tertiary/aromatic N) is 1. The van der Waals surface area contributed by atoms with Gasteiger partial charge in [0, 0.05) is 28.7 Å². The second-order valence-electron chi connectivity index (χ2n) is 4.42. The molecule has 0 aliphatic heterocycles. The van der Waals surface area contributed by atoms with Crippen molar-refractivity contribution in [2.75, 3.05) is 25.1 Å². The standard InChI is InChI=1S/C12H15Cl2NO4S/c1-15(5-6-20(18,19)8-12(16)17)7-9-10(13)3-2-4-11(9)14/h2-4H,5-8H2,1H3,(H,16,17). The molecule has 0 spiro atoms. The number of aliphatic carboxylic acids is 1. The first-order valence-electron chi connectivity index (χ1n) is 5.75. The fraction of sp³-hybridized carbons (Fsp3) is 0.417. The number of hydrogen-bond acceptors (Lipinski definition) is 4. The summed E-state index contributed by atoms with van der Waals surface area (Å²) >= 11 is 12.1. The first kappa shape index (κ1) is 17.2. The Labute approximate surface area is 128 Å². The fourth-order valence-corrected chi connectivity index (χ4v) is 3.21. The number of hydrogen-bond donors (Lipinski definition) is 1. The Morgan fingerprint density at radius 2 is 1.85 bits per heavy atom. The Balaban J connectivity index is 2.61. The maximum Gasteiger partial charge on any atom is 0.318 e. The van der Waals surface area contributed by atoms with Gasteiger partial charge in [-0.25, -0.2) is 8.42 Å². The largest absolute Gasteiger partial charge is 0.480 e. The van der Waals surface area contributed by atoms with Gasteiger partial charge < -0.3 is 10.0 Å². The number of rotatable bonds is 7. The van der Waals surface area contributed by atoms with Gasteiger partial charge in [0.2, 0.25) is 0 Å². The number of halogens is 2. The van der Waals surface area contributed by atoms with Gasteiger partial charge in [0.05, 0.1) is 5.75 Å². The molecular formula is C12H15Cl2NO4S. The van der Waals surface area contributed by atoms with Crippen LogP contribution in [0.4, 0.5) is 0 Å². The van der Waals surface area contributed by atoms with Crippen molar-refractivity contribution in [1.29, 1.82) is 0 Å². The van der Waals surface area contributed by atoms with Crippen LogP contribution in [0.5, 0.6) is 0 Å². The second kappa shape index (κ2) is 7.26. The van der Waals surface area contributed by atoms with Gasteiger partial charge in [0.15, 0.2) is 9.84 Å². The van der Waals surface area contributed by atoms with Crippen molar-refractivity contribution in [2.24, 2.45) is 0 Å². The summed E-state index contributed by atoms with van der Waals surface area (Å²) in [5.41, 5.74) is 0.717. The molecule has 0 heterocycles. The lowest BCUT2D eigenvalue weighted by Crippen LogP contribution is -2.28. The molecule has 0 aliphatic carbocycles. The summed E-state index contributed by atoms with van der Waals surface area (Å²) in [6.45, 7) is 0.595. The minimum Gasteiger partial charge on any atom is -0.480 e.